The summed E-state index contributed by atoms with van der Waals surface area (Å²) in [6, 6.07) is 11.4. The highest BCUT2D eigenvalue weighted by atomic mass is 35.5. The molecule has 0 radical (unpaired) electrons. The predicted octanol–water partition coefficient (Wildman–Crippen LogP) is 3.39. The first-order valence-electron chi connectivity index (χ1n) is 6.17. The Hall–Kier alpha value is -2.25. The van der Waals surface area contributed by atoms with E-state index < -0.39 is 0 Å². The molecule has 102 valence electrons. The van der Waals surface area contributed by atoms with E-state index in [1.807, 2.05) is 43.1 Å². The molecule has 5 heteroatoms. The third-order valence-electron chi connectivity index (χ3n) is 3.34. The van der Waals surface area contributed by atoms with Crippen molar-refractivity contribution in [3.8, 4) is 6.07 Å². The van der Waals surface area contributed by atoms with E-state index in [-0.39, 0.29) is 6.04 Å². The van der Waals surface area contributed by atoms with Gasteiger partial charge in [0, 0.05) is 18.3 Å². The summed E-state index contributed by atoms with van der Waals surface area (Å²) in [6.45, 7) is 2.03. The van der Waals surface area contributed by atoms with Gasteiger partial charge in [0.05, 0.1) is 17.3 Å². The summed E-state index contributed by atoms with van der Waals surface area (Å²) >= 11 is 6.02. The summed E-state index contributed by atoms with van der Waals surface area (Å²) in [7, 11) is 1.89. The summed E-state index contributed by atoms with van der Waals surface area (Å²) < 4.78 is 0. The Labute approximate surface area is 123 Å². The number of nitrogens with zero attached hydrogens (tertiary/aromatic N) is 3. The lowest BCUT2D eigenvalue weighted by Crippen LogP contribution is -2.24. The molecule has 1 heterocycles. The number of benzene rings is 1. The fourth-order valence-corrected chi connectivity index (χ4v) is 2.21. The molecule has 2 rings (SSSR count). The van der Waals surface area contributed by atoms with Crippen LogP contribution in [0.5, 0.6) is 0 Å². The number of hydrogen-bond acceptors (Lipinski definition) is 4. The molecule has 1 unspecified atom stereocenters. The van der Waals surface area contributed by atoms with Crippen LogP contribution in [0.15, 0.2) is 36.5 Å². The first-order valence-corrected chi connectivity index (χ1v) is 6.55. The maximum absolute atomic E-state index is 9.02. The van der Waals surface area contributed by atoms with Crippen molar-refractivity contribution in [2.24, 2.45) is 0 Å². The average molecular weight is 287 g/mol. The Bertz CT molecular complexity index is 663. The zero-order valence-electron chi connectivity index (χ0n) is 11.3. The number of aromatic nitrogens is 1. The lowest BCUT2D eigenvalue weighted by Gasteiger charge is -2.27. The summed E-state index contributed by atoms with van der Waals surface area (Å²) in [6.07, 6.45) is 1.59. The number of anilines is 2. The van der Waals surface area contributed by atoms with Crippen molar-refractivity contribution in [2.45, 2.75) is 13.0 Å². The third kappa shape index (κ3) is 2.68. The van der Waals surface area contributed by atoms with Gasteiger partial charge < -0.3 is 10.6 Å². The number of nitriles is 1. The Morgan fingerprint density at radius 3 is 2.80 bits per heavy atom. The molecule has 20 heavy (non-hydrogen) atoms. The van der Waals surface area contributed by atoms with Crippen LogP contribution in [-0.2, 0) is 0 Å². The van der Waals surface area contributed by atoms with E-state index in [0.29, 0.717) is 22.1 Å². The maximum Gasteiger partial charge on any atom is 0.153 e. The zero-order valence-corrected chi connectivity index (χ0v) is 12.1. The highest BCUT2D eigenvalue weighted by molar-refractivity contribution is 6.30. The predicted molar refractivity (Wildman–Crippen MR) is 81.6 cm³/mol. The molecule has 0 saturated heterocycles. The van der Waals surface area contributed by atoms with Gasteiger partial charge in [0.15, 0.2) is 5.82 Å². The van der Waals surface area contributed by atoms with Crippen molar-refractivity contribution in [3.05, 3.63) is 52.7 Å². The zero-order chi connectivity index (χ0) is 14.7. The molecular formula is C15H15ClN4. The van der Waals surface area contributed by atoms with Crippen LogP contribution in [-0.4, -0.2) is 12.0 Å². The molecule has 2 N–H and O–H groups in total. The standard InChI is InChI=1S/C15H15ClN4/c1-10(11-4-3-5-13(16)8-11)20(2)15-14(18)12(9-17)6-7-19-15/h3-8,10H,18H2,1-2H3. The van der Waals surface area contributed by atoms with Gasteiger partial charge in [-0.05, 0) is 30.7 Å². The van der Waals surface area contributed by atoms with Crippen molar-refractivity contribution >= 4 is 23.1 Å². The molecule has 0 saturated carbocycles. The highest BCUT2D eigenvalue weighted by Gasteiger charge is 2.17. The average Bonchev–Trinajstić information content (AvgIpc) is 2.46. The first-order chi connectivity index (χ1) is 9.54. The molecule has 0 fully saturated rings. The maximum atomic E-state index is 9.02. The fraction of sp³-hybridized carbons (Fsp3) is 0.200. The van der Waals surface area contributed by atoms with Crippen molar-refractivity contribution < 1.29 is 0 Å². The van der Waals surface area contributed by atoms with Crippen LogP contribution in [0.2, 0.25) is 5.02 Å². The van der Waals surface area contributed by atoms with Gasteiger partial charge in [-0.2, -0.15) is 5.26 Å². The molecular weight excluding hydrogens is 272 g/mol. The Kier molecular flexibility index (Phi) is 4.11. The van der Waals surface area contributed by atoms with Crippen LogP contribution >= 0.6 is 11.6 Å². The van der Waals surface area contributed by atoms with E-state index >= 15 is 0 Å². The normalized spacial score (nSPS) is 11.7. The molecule has 0 spiro atoms. The van der Waals surface area contributed by atoms with Gasteiger partial charge in [-0.15, -0.1) is 0 Å². The second kappa shape index (κ2) is 5.81. The lowest BCUT2D eigenvalue weighted by molar-refractivity contribution is 0.730. The number of nitrogens with two attached hydrogens (primary N) is 1. The van der Waals surface area contributed by atoms with E-state index in [1.54, 1.807) is 12.3 Å². The molecule has 0 aliphatic heterocycles. The monoisotopic (exact) mass is 286 g/mol. The minimum absolute atomic E-state index is 0.0393. The number of halogens is 1. The van der Waals surface area contributed by atoms with Gasteiger partial charge in [0.1, 0.15) is 6.07 Å². The van der Waals surface area contributed by atoms with E-state index in [2.05, 4.69) is 11.1 Å². The molecule has 1 aromatic heterocycles. The number of pyridine rings is 1. The van der Waals surface area contributed by atoms with Crippen LogP contribution in [0.4, 0.5) is 11.5 Å². The minimum atomic E-state index is 0.0393. The quantitative estimate of drug-likeness (QED) is 0.939. The van der Waals surface area contributed by atoms with E-state index in [9.17, 15) is 0 Å². The van der Waals surface area contributed by atoms with E-state index in [0.717, 1.165) is 5.56 Å². The summed E-state index contributed by atoms with van der Waals surface area (Å²) in [5.41, 5.74) is 7.87. The van der Waals surface area contributed by atoms with E-state index in [1.165, 1.54) is 0 Å². The second-order valence-corrected chi connectivity index (χ2v) is 4.99. The van der Waals surface area contributed by atoms with Crippen molar-refractivity contribution in [1.82, 2.24) is 4.98 Å². The van der Waals surface area contributed by atoms with Gasteiger partial charge in [-0.1, -0.05) is 23.7 Å². The fourth-order valence-electron chi connectivity index (χ4n) is 2.01. The third-order valence-corrected chi connectivity index (χ3v) is 3.57. The molecule has 4 nitrogen and oxygen atoms in total. The molecule has 0 bridgehead atoms. The number of rotatable bonds is 3. The van der Waals surface area contributed by atoms with Gasteiger partial charge in [-0.3, -0.25) is 0 Å². The minimum Gasteiger partial charge on any atom is -0.395 e. The molecule has 0 aliphatic carbocycles. The van der Waals surface area contributed by atoms with Crippen LogP contribution in [0.3, 0.4) is 0 Å². The first kappa shape index (κ1) is 14.2. The van der Waals surface area contributed by atoms with Crippen molar-refractivity contribution in [2.75, 3.05) is 17.7 Å². The Balaban J connectivity index is 2.37. The van der Waals surface area contributed by atoms with Crippen molar-refractivity contribution in [1.29, 1.82) is 5.26 Å². The summed E-state index contributed by atoms with van der Waals surface area (Å²) in [4.78, 5) is 6.21. The van der Waals surface area contributed by atoms with Crippen molar-refractivity contribution in [3.63, 3.8) is 0 Å². The molecule has 1 aromatic carbocycles. The Morgan fingerprint density at radius 1 is 1.40 bits per heavy atom. The smallest absolute Gasteiger partial charge is 0.153 e. The topological polar surface area (TPSA) is 65.9 Å². The molecule has 0 aliphatic rings. The highest BCUT2D eigenvalue weighted by Crippen LogP contribution is 2.30. The van der Waals surface area contributed by atoms with Gasteiger partial charge in [-0.25, -0.2) is 4.98 Å². The van der Waals surface area contributed by atoms with Gasteiger partial charge in [0.25, 0.3) is 0 Å². The molecule has 1 atom stereocenters. The number of hydrogen-bond donors (Lipinski definition) is 1. The van der Waals surface area contributed by atoms with Gasteiger partial charge >= 0.3 is 0 Å². The van der Waals surface area contributed by atoms with Crippen LogP contribution in [0.25, 0.3) is 0 Å². The summed E-state index contributed by atoms with van der Waals surface area (Å²) in [5.74, 6) is 0.594. The van der Waals surface area contributed by atoms with E-state index in [4.69, 9.17) is 22.6 Å². The van der Waals surface area contributed by atoms with Gasteiger partial charge in [0.2, 0.25) is 0 Å². The summed E-state index contributed by atoms with van der Waals surface area (Å²) in [5, 5.41) is 9.71. The molecule has 0 amide bonds. The number of nitrogen functional groups attached to an aromatic ring is 1. The Morgan fingerprint density at radius 2 is 2.15 bits per heavy atom. The second-order valence-electron chi connectivity index (χ2n) is 4.55. The molecule has 2 aromatic rings. The largest absolute Gasteiger partial charge is 0.395 e. The van der Waals surface area contributed by atoms with Crippen LogP contribution < -0.4 is 10.6 Å². The van der Waals surface area contributed by atoms with Crippen LogP contribution in [0.1, 0.15) is 24.1 Å². The SMILES string of the molecule is CC(c1cccc(Cl)c1)N(C)c1nccc(C#N)c1N. The lowest BCUT2D eigenvalue weighted by atomic mass is 10.1. The van der Waals surface area contributed by atoms with Crippen LogP contribution in [0, 0.1) is 11.3 Å².